The summed E-state index contributed by atoms with van der Waals surface area (Å²) in [4.78, 5) is -0.654. The van der Waals surface area contributed by atoms with Crippen molar-refractivity contribution in [3.63, 3.8) is 0 Å². The average molecular weight is 304 g/mol. The summed E-state index contributed by atoms with van der Waals surface area (Å²) >= 11 is 0. The lowest BCUT2D eigenvalue weighted by atomic mass is 9.85. The van der Waals surface area contributed by atoms with Gasteiger partial charge in [0.15, 0.2) is 0 Å². The summed E-state index contributed by atoms with van der Waals surface area (Å²) in [7, 11) is -4.08. The summed E-state index contributed by atoms with van der Waals surface area (Å²) in [6.07, 6.45) is 3.41. The molecule has 7 heteroatoms. The van der Waals surface area contributed by atoms with E-state index in [9.17, 15) is 17.2 Å². The smallest absolute Gasteiger partial charge is 0.243 e. The summed E-state index contributed by atoms with van der Waals surface area (Å²) in [5.41, 5.74) is 5.64. The van der Waals surface area contributed by atoms with Gasteiger partial charge in [-0.15, -0.1) is 0 Å². The molecule has 1 fully saturated rings. The van der Waals surface area contributed by atoms with E-state index in [0.717, 1.165) is 31.4 Å². The molecule has 112 valence electrons. The van der Waals surface area contributed by atoms with Gasteiger partial charge in [0, 0.05) is 6.04 Å². The molecule has 0 bridgehead atoms. The first-order valence-corrected chi connectivity index (χ1v) is 8.10. The molecule has 2 rings (SSSR count). The number of benzene rings is 1. The van der Waals surface area contributed by atoms with E-state index < -0.39 is 26.6 Å². The molecule has 4 nitrogen and oxygen atoms in total. The highest BCUT2D eigenvalue weighted by molar-refractivity contribution is 7.89. The molecule has 1 saturated carbocycles. The van der Waals surface area contributed by atoms with E-state index in [1.807, 2.05) is 0 Å². The number of hydrogen-bond acceptors (Lipinski definition) is 3. The first kappa shape index (κ1) is 15.3. The first-order valence-electron chi connectivity index (χ1n) is 6.61. The Morgan fingerprint density at radius 3 is 2.65 bits per heavy atom. The molecule has 1 aliphatic rings. The Labute approximate surface area is 117 Å². The number of rotatable bonds is 4. The van der Waals surface area contributed by atoms with Gasteiger partial charge in [-0.05, 0) is 43.5 Å². The lowest BCUT2D eigenvalue weighted by Crippen LogP contribution is -2.44. The van der Waals surface area contributed by atoms with Gasteiger partial charge in [0.2, 0.25) is 10.0 Å². The van der Waals surface area contributed by atoms with Crippen molar-refractivity contribution in [3.05, 3.63) is 29.8 Å². The molecular weight excluding hydrogens is 286 g/mol. The van der Waals surface area contributed by atoms with Crippen molar-refractivity contribution in [1.82, 2.24) is 4.72 Å². The monoisotopic (exact) mass is 304 g/mol. The van der Waals surface area contributed by atoms with Crippen LogP contribution < -0.4 is 10.5 Å². The summed E-state index contributed by atoms with van der Waals surface area (Å²) in [5.74, 6) is -1.71. The molecule has 2 atom stereocenters. The minimum absolute atomic E-state index is 0.0372. The Balaban J connectivity index is 2.24. The van der Waals surface area contributed by atoms with Gasteiger partial charge in [0.1, 0.15) is 16.5 Å². The van der Waals surface area contributed by atoms with Crippen LogP contribution in [0.25, 0.3) is 0 Å². The zero-order valence-corrected chi connectivity index (χ0v) is 11.8. The highest BCUT2D eigenvalue weighted by atomic mass is 32.2. The van der Waals surface area contributed by atoms with Crippen LogP contribution in [0.4, 0.5) is 8.78 Å². The third-order valence-electron chi connectivity index (χ3n) is 3.70. The zero-order valence-electron chi connectivity index (χ0n) is 11.0. The molecule has 3 N–H and O–H groups in total. The van der Waals surface area contributed by atoms with E-state index in [1.165, 1.54) is 0 Å². The van der Waals surface area contributed by atoms with Crippen LogP contribution in [-0.4, -0.2) is 21.0 Å². The van der Waals surface area contributed by atoms with Crippen LogP contribution in [0.2, 0.25) is 0 Å². The van der Waals surface area contributed by atoms with Crippen molar-refractivity contribution >= 4 is 10.0 Å². The van der Waals surface area contributed by atoms with Crippen molar-refractivity contribution in [2.45, 2.75) is 36.6 Å². The van der Waals surface area contributed by atoms with Gasteiger partial charge in [-0.1, -0.05) is 12.8 Å². The van der Waals surface area contributed by atoms with Crippen molar-refractivity contribution in [2.75, 3.05) is 6.54 Å². The van der Waals surface area contributed by atoms with Gasteiger partial charge in [0.05, 0.1) is 0 Å². The predicted octanol–water partition coefficient (Wildman–Crippen LogP) is 1.76. The topological polar surface area (TPSA) is 72.2 Å². The molecule has 1 aliphatic carbocycles. The van der Waals surface area contributed by atoms with E-state index in [0.29, 0.717) is 19.0 Å². The van der Waals surface area contributed by atoms with E-state index in [4.69, 9.17) is 5.73 Å². The summed E-state index contributed by atoms with van der Waals surface area (Å²) in [6.45, 7) is 0.374. The molecule has 0 spiro atoms. The minimum Gasteiger partial charge on any atom is -0.330 e. The third kappa shape index (κ3) is 3.34. The largest absolute Gasteiger partial charge is 0.330 e. The van der Waals surface area contributed by atoms with Crippen molar-refractivity contribution in [2.24, 2.45) is 11.7 Å². The molecule has 0 aliphatic heterocycles. The summed E-state index contributed by atoms with van der Waals surface area (Å²) < 4.78 is 53.5. The molecule has 1 aromatic carbocycles. The van der Waals surface area contributed by atoms with Crippen molar-refractivity contribution in [1.29, 1.82) is 0 Å². The summed E-state index contributed by atoms with van der Waals surface area (Å²) in [6, 6.07) is 2.07. The number of nitrogens with one attached hydrogen (secondary N) is 1. The van der Waals surface area contributed by atoms with E-state index >= 15 is 0 Å². The second-order valence-electron chi connectivity index (χ2n) is 5.08. The van der Waals surface area contributed by atoms with Crippen LogP contribution in [0.1, 0.15) is 25.7 Å². The van der Waals surface area contributed by atoms with Crippen LogP contribution in [0.15, 0.2) is 23.1 Å². The highest BCUT2D eigenvalue weighted by Crippen LogP contribution is 2.25. The Morgan fingerprint density at radius 2 is 1.95 bits per heavy atom. The molecule has 20 heavy (non-hydrogen) atoms. The molecular formula is C13H18F2N2O2S. The van der Waals surface area contributed by atoms with Crippen LogP contribution in [0, 0.1) is 17.6 Å². The maximum absolute atomic E-state index is 13.6. The molecule has 0 radical (unpaired) electrons. The molecule has 0 aromatic heterocycles. The van der Waals surface area contributed by atoms with Gasteiger partial charge in [-0.2, -0.15) is 0 Å². The maximum Gasteiger partial charge on any atom is 0.243 e. The predicted molar refractivity (Wildman–Crippen MR) is 71.5 cm³/mol. The number of sulfonamides is 1. The Hall–Kier alpha value is -1.05. The van der Waals surface area contributed by atoms with Gasteiger partial charge in [0.25, 0.3) is 0 Å². The quantitative estimate of drug-likeness (QED) is 0.890. The molecule has 1 aromatic rings. The molecule has 0 heterocycles. The van der Waals surface area contributed by atoms with Crippen LogP contribution in [0.5, 0.6) is 0 Å². The van der Waals surface area contributed by atoms with Crippen LogP contribution in [0.3, 0.4) is 0 Å². The van der Waals surface area contributed by atoms with E-state index in [1.54, 1.807) is 0 Å². The fourth-order valence-electron chi connectivity index (χ4n) is 2.59. The lowest BCUT2D eigenvalue weighted by molar-refractivity contribution is 0.296. The highest BCUT2D eigenvalue weighted by Gasteiger charge is 2.30. The Bertz CT molecular complexity index is 578. The van der Waals surface area contributed by atoms with Gasteiger partial charge < -0.3 is 5.73 Å². The Kier molecular flexibility index (Phi) is 4.72. The Morgan fingerprint density at radius 1 is 1.25 bits per heavy atom. The minimum atomic E-state index is -4.08. The average Bonchev–Trinajstić information content (AvgIpc) is 2.41. The van der Waals surface area contributed by atoms with Crippen molar-refractivity contribution in [3.8, 4) is 0 Å². The lowest BCUT2D eigenvalue weighted by Gasteiger charge is -2.31. The SMILES string of the molecule is NC[C@H]1CCCC[C@H]1NS(=O)(=O)c1cc(F)ccc1F. The maximum atomic E-state index is 13.6. The number of halogens is 2. The van der Waals surface area contributed by atoms with Gasteiger partial charge in [-0.3, -0.25) is 0 Å². The summed E-state index contributed by atoms with van der Waals surface area (Å²) in [5, 5.41) is 0. The van der Waals surface area contributed by atoms with Gasteiger partial charge in [-0.25, -0.2) is 21.9 Å². The second kappa shape index (κ2) is 6.15. The van der Waals surface area contributed by atoms with Crippen LogP contribution >= 0.6 is 0 Å². The fraction of sp³-hybridized carbons (Fsp3) is 0.538. The van der Waals surface area contributed by atoms with E-state index in [2.05, 4.69) is 4.72 Å². The second-order valence-corrected chi connectivity index (χ2v) is 6.77. The third-order valence-corrected chi connectivity index (χ3v) is 5.21. The zero-order chi connectivity index (χ0) is 14.8. The van der Waals surface area contributed by atoms with E-state index in [-0.39, 0.29) is 12.0 Å². The van der Waals surface area contributed by atoms with Crippen molar-refractivity contribution < 1.29 is 17.2 Å². The van der Waals surface area contributed by atoms with Gasteiger partial charge >= 0.3 is 0 Å². The molecule has 0 amide bonds. The molecule has 0 saturated heterocycles. The molecule has 0 unspecified atom stereocenters. The standard InChI is InChI=1S/C13H18F2N2O2S/c14-10-5-6-11(15)13(7-10)20(18,19)17-12-4-2-1-3-9(12)8-16/h5-7,9,12,17H,1-4,8,16H2/t9-,12-/m1/s1. The number of nitrogens with two attached hydrogens (primary N) is 1. The first-order chi connectivity index (χ1) is 9.44. The fourth-order valence-corrected chi connectivity index (χ4v) is 4.02. The van der Waals surface area contributed by atoms with Crippen LogP contribution in [-0.2, 0) is 10.0 Å². The number of hydrogen-bond donors (Lipinski definition) is 2. The normalized spacial score (nSPS) is 23.8.